The van der Waals surface area contributed by atoms with E-state index in [9.17, 15) is 9.90 Å². The molecule has 1 aromatic carbocycles. The van der Waals surface area contributed by atoms with Crippen molar-refractivity contribution in [2.45, 2.75) is 24.8 Å². The molecule has 1 atom stereocenters. The summed E-state index contributed by atoms with van der Waals surface area (Å²) in [7, 11) is 2.12. The van der Waals surface area contributed by atoms with Gasteiger partial charge in [-0.25, -0.2) is 0 Å². The maximum atomic E-state index is 12.6. The molecule has 2 saturated heterocycles. The molecule has 0 saturated carbocycles. The van der Waals surface area contributed by atoms with Gasteiger partial charge in [0.1, 0.15) is 5.75 Å². The van der Waals surface area contributed by atoms with Crippen LogP contribution in [-0.4, -0.2) is 53.0 Å². The number of likely N-dealkylation sites (tertiary alicyclic amines) is 2. The lowest BCUT2D eigenvalue weighted by Gasteiger charge is -2.55. The number of aromatic hydroxyl groups is 1. The zero-order chi connectivity index (χ0) is 14.3. The minimum atomic E-state index is -0.0986. The van der Waals surface area contributed by atoms with Crippen LogP contribution in [0.2, 0.25) is 5.02 Å². The van der Waals surface area contributed by atoms with E-state index in [4.69, 9.17) is 11.6 Å². The average molecular weight is 295 g/mol. The van der Waals surface area contributed by atoms with Crippen molar-refractivity contribution < 1.29 is 9.90 Å². The van der Waals surface area contributed by atoms with Gasteiger partial charge < -0.3 is 10.0 Å². The van der Waals surface area contributed by atoms with E-state index in [-0.39, 0.29) is 17.2 Å². The number of phenolic OH excluding ortho intramolecular Hbond substituents is 1. The monoisotopic (exact) mass is 294 g/mol. The number of halogens is 1. The molecule has 1 aromatic rings. The first-order chi connectivity index (χ1) is 9.52. The topological polar surface area (TPSA) is 43.8 Å². The fourth-order valence-electron chi connectivity index (χ4n) is 3.31. The van der Waals surface area contributed by atoms with E-state index in [1.54, 1.807) is 12.1 Å². The standard InChI is InChI=1S/C15H19ClN2O2/c1-17-8-6-15(17)5-2-7-18(10-15)14(20)12-4-3-11(16)9-13(12)19/h3-4,9,19H,2,5-8,10H2,1H3. The highest BCUT2D eigenvalue weighted by Crippen LogP contribution is 2.38. The van der Waals surface area contributed by atoms with E-state index in [2.05, 4.69) is 11.9 Å². The van der Waals surface area contributed by atoms with Crippen LogP contribution in [0.4, 0.5) is 0 Å². The first-order valence-corrected chi connectivity index (χ1v) is 7.39. The number of rotatable bonds is 1. The van der Waals surface area contributed by atoms with Gasteiger partial charge in [-0.05, 0) is 44.5 Å². The third-order valence-corrected chi connectivity index (χ3v) is 4.99. The van der Waals surface area contributed by atoms with E-state index < -0.39 is 0 Å². The van der Waals surface area contributed by atoms with Crippen molar-refractivity contribution >= 4 is 17.5 Å². The number of nitrogens with zero attached hydrogens (tertiary/aromatic N) is 2. The number of likely N-dealkylation sites (N-methyl/N-ethyl adjacent to an activating group) is 1. The molecule has 1 unspecified atom stereocenters. The maximum Gasteiger partial charge on any atom is 0.257 e. The molecule has 2 heterocycles. The highest BCUT2D eigenvalue weighted by atomic mass is 35.5. The number of piperidine rings is 1. The van der Waals surface area contributed by atoms with Crippen molar-refractivity contribution in [2.75, 3.05) is 26.7 Å². The van der Waals surface area contributed by atoms with E-state index in [1.807, 2.05) is 4.90 Å². The van der Waals surface area contributed by atoms with Gasteiger partial charge in [-0.1, -0.05) is 11.6 Å². The largest absolute Gasteiger partial charge is 0.507 e. The van der Waals surface area contributed by atoms with Gasteiger partial charge in [0.2, 0.25) is 0 Å². The minimum absolute atomic E-state index is 0.0379. The second kappa shape index (κ2) is 4.93. The molecule has 2 aliphatic heterocycles. The predicted octanol–water partition coefficient (Wildman–Crippen LogP) is 2.36. The van der Waals surface area contributed by atoms with Crippen molar-refractivity contribution in [1.29, 1.82) is 0 Å². The van der Waals surface area contributed by atoms with Crippen LogP contribution in [0.5, 0.6) is 5.75 Å². The molecule has 20 heavy (non-hydrogen) atoms. The lowest BCUT2D eigenvalue weighted by atomic mass is 9.78. The molecule has 0 aliphatic carbocycles. The SMILES string of the molecule is CN1CCC12CCCN(C(=O)c1ccc(Cl)cc1O)C2. The van der Waals surface area contributed by atoms with Gasteiger partial charge in [-0.2, -0.15) is 0 Å². The number of benzene rings is 1. The van der Waals surface area contributed by atoms with Gasteiger partial charge in [0, 0.05) is 30.2 Å². The Labute approximate surface area is 123 Å². The van der Waals surface area contributed by atoms with E-state index in [1.165, 1.54) is 6.07 Å². The summed E-state index contributed by atoms with van der Waals surface area (Å²) in [6.45, 7) is 2.62. The van der Waals surface area contributed by atoms with Crippen LogP contribution >= 0.6 is 11.6 Å². The Morgan fingerprint density at radius 3 is 2.75 bits per heavy atom. The first kappa shape index (κ1) is 13.7. The summed E-state index contributed by atoms with van der Waals surface area (Å²) >= 11 is 5.81. The molecular formula is C15H19ClN2O2. The zero-order valence-corrected chi connectivity index (χ0v) is 12.4. The maximum absolute atomic E-state index is 12.6. The van der Waals surface area contributed by atoms with Gasteiger partial charge in [0.05, 0.1) is 5.56 Å². The van der Waals surface area contributed by atoms with E-state index in [0.29, 0.717) is 10.6 Å². The number of carbonyl (C=O) groups excluding carboxylic acids is 1. The lowest BCUT2D eigenvalue weighted by molar-refractivity contribution is -0.0409. The zero-order valence-electron chi connectivity index (χ0n) is 11.6. The van der Waals surface area contributed by atoms with Crippen molar-refractivity contribution in [3.63, 3.8) is 0 Å². The molecular weight excluding hydrogens is 276 g/mol. The molecule has 2 aliphatic rings. The Balaban J connectivity index is 1.80. The summed E-state index contributed by atoms with van der Waals surface area (Å²) in [6, 6.07) is 4.67. The molecule has 2 fully saturated rings. The van der Waals surface area contributed by atoms with E-state index in [0.717, 1.165) is 38.9 Å². The van der Waals surface area contributed by atoms with Gasteiger partial charge >= 0.3 is 0 Å². The molecule has 0 bridgehead atoms. The number of hydrogen-bond donors (Lipinski definition) is 1. The van der Waals surface area contributed by atoms with Crippen LogP contribution in [0, 0.1) is 0 Å². The van der Waals surface area contributed by atoms with Crippen molar-refractivity contribution in [2.24, 2.45) is 0 Å². The van der Waals surface area contributed by atoms with Crippen LogP contribution in [0.3, 0.4) is 0 Å². The van der Waals surface area contributed by atoms with Crippen LogP contribution in [0.1, 0.15) is 29.6 Å². The van der Waals surface area contributed by atoms with Gasteiger partial charge in [-0.15, -0.1) is 0 Å². The fraction of sp³-hybridized carbons (Fsp3) is 0.533. The molecule has 108 valence electrons. The van der Waals surface area contributed by atoms with Crippen LogP contribution in [-0.2, 0) is 0 Å². The third-order valence-electron chi connectivity index (χ3n) is 4.76. The van der Waals surface area contributed by atoms with Crippen LogP contribution in [0.15, 0.2) is 18.2 Å². The molecule has 0 radical (unpaired) electrons. The smallest absolute Gasteiger partial charge is 0.257 e. The number of amides is 1. The minimum Gasteiger partial charge on any atom is -0.507 e. The first-order valence-electron chi connectivity index (χ1n) is 7.01. The predicted molar refractivity (Wildman–Crippen MR) is 78.2 cm³/mol. The quantitative estimate of drug-likeness (QED) is 0.865. The van der Waals surface area contributed by atoms with Crippen molar-refractivity contribution in [3.8, 4) is 5.75 Å². The average Bonchev–Trinajstić information content (AvgIpc) is 2.45. The van der Waals surface area contributed by atoms with Gasteiger partial charge in [0.15, 0.2) is 0 Å². The Kier molecular flexibility index (Phi) is 3.38. The van der Waals surface area contributed by atoms with Crippen LogP contribution in [0.25, 0.3) is 0 Å². The number of carbonyl (C=O) groups is 1. The second-order valence-corrected chi connectivity index (χ2v) is 6.32. The van der Waals surface area contributed by atoms with Crippen molar-refractivity contribution in [1.82, 2.24) is 9.80 Å². The Hall–Kier alpha value is -1.26. The highest BCUT2D eigenvalue weighted by molar-refractivity contribution is 6.30. The molecule has 5 heteroatoms. The summed E-state index contributed by atoms with van der Waals surface area (Å²) < 4.78 is 0. The molecule has 0 aromatic heterocycles. The highest BCUT2D eigenvalue weighted by Gasteiger charge is 2.46. The molecule has 1 N–H and O–H groups in total. The number of phenols is 1. The summed E-state index contributed by atoms with van der Waals surface area (Å²) in [4.78, 5) is 16.8. The summed E-state index contributed by atoms with van der Waals surface area (Å²) in [5, 5.41) is 10.3. The van der Waals surface area contributed by atoms with Crippen LogP contribution < -0.4 is 0 Å². The van der Waals surface area contributed by atoms with E-state index >= 15 is 0 Å². The van der Waals surface area contributed by atoms with Crippen molar-refractivity contribution in [3.05, 3.63) is 28.8 Å². The Morgan fingerprint density at radius 2 is 2.15 bits per heavy atom. The summed E-state index contributed by atoms with van der Waals surface area (Å²) in [5.74, 6) is -0.136. The summed E-state index contributed by atoms with van der Waals surface area (Å²) in [5.41, 5.74) is 0.504. The molecule has 3 rings (SSSR count). The Morgan fingerprint density at radius 1 is 1.35 bits per heavy atom. The second-order valence-electron chi connectivity index (χ2n) is 5.89. The fourth-order valence-corrected chi connectivity index (χ4v) is 3.48. The molecule has 1 spiro atoms. The summed E-state index contributed by atoms with van der Waals surface area (Å²) in [6.07, 6.45) is 3.32. The van der Waals surface area contributed by atoms with Gasteiger partial charge in [0.25, 0.3) is 5.91 Å². The lowest BCUT2D eigenvalue weighted by Crippen LogP contribution is -2.66. The van der Waals surface area contributed by atoms with Gasteiger partial charge in [-0.3, -0.25) is 9.69 Å². The molecule has 1 amide bonds. The normalized spacial score (nSPS) is 26.6. The number of hydrogen-bond acceptors (Lipinski definition) is 3. The third kappa shape index (κ3) is 2.17. The Bertz CT molecular complexity index is 549. The molecule has 4 nitrogen and oxygen atoms in total.